The van der Waals surface area contributed by atoms with Gasteiger partial charge in [-0.3, -0.25) is 4.79 Å². The molecule has 0 atom stereocenters. The van der Waals surface area contributed by atoms with E-state index in [0.717, 1.165) is 10.9 Å². The topological polar surface area (TPSA) is 75.1 Å². The van der Waals surface area contributed by atoms with E-state index in [1.54, 1.807) is 18.2 Å². The highest BCUT2D eigenvalue weighted by Gasteiger charge is 2.04. The van der Waals surface area contributed by atoms with Crippen LogP contribution in [0.25, 0.3) is 10.9 Å². The van der Waals surface area contributed by atoms with Gasteiger partial charge in [-0.25, -0.2) is 9.97 Å². The molecule has 0 aliphatic heterocycles. The molecule has 1 heterocycles. The number of aromatic nitrogens is 2. The Labute approximate surface area is 99.3 Å². The van der Waals surface area contributed by atoms with Gasteiger partial charge in [0.2, 0.25) is 0 Å². The van der Waals surface area contributed by atoms with Crippen LogP contribution >= 0.6 is 0 Å². The van der Waals surface area contributed by atoms with Gasteiger partial charge in [-0.05, 0) is 6.07 Å². The van der Waals surface area contributed by atoms with Crippen molar-refractivity contribution in [3.05, 3.63) is 24.5 Å². The first-order valence-corrected chi connectivity index (χ1v) is 5.13. The van der Waals surface area contributed by atoms with E-state index in [1.807, 2.05) is 0 Å². The molecule has 2 radical (unpaired) electrons. The second kappa shape index (κ2) is 4.82. The highest BCUT2D eigenvalue weighted by atomic mass is 16.4. The molecule has 2 aromatic rings. The van der Waals surface area contributed by atoms with Gasteiger partial charge in [0.05, 0.1) is 11.9 Å². The molecule has 2 rings (SSSR count). The average Bonchev–Trinajstić information content (AvgIpc) is 2.29. The Hall–Kier alpha value is -2.11. The van der Waals surface area contributed by atoms with Crippen molar-refractivity contribution in [1.29, 1.82) is 0 Å². The summed E-state index contributed by atoms with van der Waals surface area (Å²) in [6.45, 7) is 0.316. The Balaban J connectivity index is 2.27. The Morgan fingerprint density at radius 2 is 2.24 bits per heavy atom. The third-order valence-electron chi connectivity index (χ3n) is 2.29. The summed E-state index contributed by atoms with van der Waals surface area (Å²) in [6.07, 6.45) is 1.47. The van der Waals surface area contributed by atoms with E-state index in [-0.39, 0.29) is 6.42 Å². The second-order valence-corrected chi connectivity index (χ2v) is 3.57. The smallest absolute Gasteiger partial charge is 0.305 e. The largest absolute Gasteiger partial charge is 0.481 e. The molecule has 0 fully saturated rings. The zero-order valence-corrected chi connectivity index (χ0v) is 9.05. The highest BCUT2D eigenvalue weighted by molar-refractivity contribution is 6.33. The molecule has 0 aliphatic carbocycles. The van der Waals surface area contributed by atoms with Crippen molar-refractivity contribution in [1.82, 2.24) is 9.97 Å². The van der Waals surface area contributed by atoms with Gasteiger partial charge in [-0.2, -0.15) is 0 Å². The van der Waals surface area contributed by atoms with Crippen LogP contribution in [-0.2, 0) is 4.79 Å². The van der Waals surface area contributed by atoms with E-state index in [9.17, 15) is 4.79 Å². The molecule has 17 heavy (non-hydrogen) atoms. The van der Waals surface area contributed by atoms with E-state index in [4.69, 9.17) is 13.0 Å². The lowest BCUT2D eigenvalue weighted by molar-refractivity contribution is -0.136. The number of nitrogens with one attached hydrogen (secondary N) is 1. The maximum absolute atomic E-state index is 10.4. The van der Waals surface area contributed by atoms with Gasteiger partial charge in [0.25, 0.3) is 0 Å². The fraction of sp³-hybridized carbons (Fsp3) is 0.182. The van der Waals surface area contributed by atoms with Gasteiger partial charge in [0.1, 0.15) is 20.0 Å². The number of nitrogens with zero attached hydrogens (tertiary/aromatic N) is 2. The summed E-state index contributed by atoms with van der Waals surface area (Å²) in [5, 5.41) is 12.3. The summed E-state index contributed by atoms with van der Waals surface area (Å²) in [4.78, 5) is 18.6. The Kier molecular flexibility index (Phi) is 3.23. The zero-order chi connectivity index (χ0) is 12.3. The lowest BCUT2D eigenvalue weighted by Crippen LogP contribution is -2.10. The van der Waals surface area contributed by atoms with Crippen LogP contribution in [0.4, 0.5) is 5.82 Å². The normalized spacial score (nSPS) is 10.4. The fourth-order valence-electron chi connectivity index (χ4n) is 1.50. The van der Waals surface area contributed by atoms with Crippen LogP contribution in [0.5, 0.6) is 0 Å². The molecule has 6 heteroatoms. The molecule has 0 saturated carbocycles. The van der Waals surface area contributed by atoms with Crippen molar-refractivity contribution >= 4 is 36.0 Å². The second-order valence-electron chi connectivity index (χ2n) is 3.57. The lowest BCUT2D eigenvalue weighted by Gasteiger charge is -2.07. The van der Waals surface area contributed by atoms with Crippen LogP contribution in [0, 0.1) is 0 Å². The van der Waals surface area contributed by atoms with Crippen molar-refractivity contribution in [2.24, 2.45) is 0 Å². The minimum Gasteiger partial charge on any atom is -0.481 e. The Morgan fingerprint density at radius 1 is 1.41 bits per heavy atom. The van der Waals surface area contributed by atoms with Gasteiger partial charge in [-0.15, -0.1) is 0 Å². The number of fused-ring (bicyclic) bond motifs is 1. The predicted octanol–water partition coefficient (Wildman–Crippen LogP) is 0.310. The summed E-state index contributed by atoms with van der Waals surface area (Å²) >= 11 is 0. The van der Waals surface area contributed by atoms with Crippen LogP contribution in [0.3, 0.4) is 0 Å². The quantitative estimate of drug-likeness (QED) is 0.735. The van der Waals surface area contributed by atoms with Crippen LogP contribution < -0.4 is 10.8 Å². The first-order chi connectivity index (χ1) is 8.16. The van der Waals surface area contributed by atoms with Crippen molar-refractivity contribution in [3.63, 3.8) is 0 Å². The summed E-state index contributed by atoms with van der Waals surface area (Å²) in [6, 6.07) is 5.32. The number of anilines is 1. The molecule has 0 unspecified atom stereocenters. The molecular weight excluding hydrogens is 217 g/mol. The van der Waals surface area contributed by atoms with Crippen LogP contribution in [0.2, 0.25) is 0 Å². The molecule has 0 saturated heterocycles. The van der Waals surface area contributed by atoms with Crippen molar-refractivity contribution < 1.29 is 9.90 Å². The average molecular weight is 227 g/mol. The monoisotopic (exact) mass is 227 g/mol. The molecule has 84 valence electrons. The third kappa shape index (κ3) is 2.72. The molecule has 0 aliphatic rings. The molecule has 5 nitrogen and oxygen atoms in total. The van der Waals surface area contributed by atoms with Crippen LogP contribution in [-0.4, -0.2) is 35.4 Å². The van der Waals surface area contributed by atoms with Gasteiger partial charge < -0.3 is 10.4 Å². The van der Waals surface area contributed by atoms with E-state index in [1.165, 1.54) is 6.33 Å². The Morgan fingerprint density at radius 3 is 3.00 bits per heavy atom. The number of aliphatic carboxylic acids is 1. The Bertz CT molecular complexity index is 559. The number of carboxylic acid groups (broad SMARTS) is 1. The molecule has 1 aromatic carbocycles. The summed E-state index contributed by atoms with van der Waals surface area (Å²) in [7, 11) is 5.69. The molecule has 0 bridgehead atoms. The van der Waals surface area contributed by atoms with Crippen LogP contribution in [0.1, 0.15) is 6.42 Å². The summed E-state index contributed by atoms with van der Waals surface area (Å²) in [5.41, 5.74) is 1.39. The summed E-state index contributed by atoms with van der Waals surface area (Å²) in [5.74, 6) is -0.251. The number of benzene rings is 1. The molecule has 2 N–H and O–H groups in total. The van der Waals surface area contributed by atoms with E-state index in [0.29, 0.717) is 17.8 Å². The fourth-order valence-corrected chi connectivity index (χ4v) is 1.50. The maximum atomic E-state index is 10.4. The first kappa shape index (κ1) is 11.4. The van der Waals surface area contributed by atoms with Gasteiger partial charge in [0, 0.05) is 11.9 Å². The number of carbonyl (C=O) groups is 1. The van der Waals surface area contributed by atoms with Crippen molar-refractivity contribution in [2.75, 3.05) is 11.9 Å². The van der Waals surface area contributed by atoms with E-state index < -0.39 is 5.97 Å². The predicted molar refractivity (Wildman–Crippen MR) is 65.7 cm³/mol. The van der Waals surface area contributed by atoms with Gasteiger partial charge in [0.15, 0.2) is 0 Å². The third-order valence-corrected chi connectivity index (χ3v) is 2.29. The number of hydrogen-bond acceptors (Lipinski definition) is 4. The van der Waals surface area contributed by atoms with Crippen LogP contribution in [0.15, 0.2) is 24.5 Å². The van der Waals surface area contributed by atoms with Crippen molar-refractivity contribution in [3.8, 4) is 0 Å². The number of carboxylic acids is 1. The van der Waals surface area contributed by atoms with E-state index in [2.05, 4.69) is 15.3 Å². The number of hydrogen-bond donors (Lipinski definition) is 2. The highest BCUT2D eigenvalue weighted by Crippen LogP contribution is 2.17. The standard InChI is InChI=1S/C11H10BN3O2/c12-7-1-2-9-8(5-7)11(15-6-14-9)13-4-3-10(16)17/h1-2,5-6H,3-4H2,(H,16,17)(H,13,14,15). The zero-order valence-electron chi connectivity index (χ0n) is 9.05. The first-order valence-electron chi connectivity index (χ1n) is 5.13. The molecular formula is C11H10BN3O2. The van der Waals surface area contributed by atoms with E-state index >= 15 is 0 Å². The number of rotatable bonds is 4. The van der Waals surface area contributed by atoms with Gasteiger partial charge in [-0.1, -0.05) is 17.6 Å². The molecule has 0 amide bonds. The molecule has 1 aromatic heterocycles. The summed E-state index contributed by atoms with van der Waals surface area (Å²) < 4.78 is 0. The minimum atomic E-state index is -0.852. The SMILES string of the molecule is [B]c1ccc2ncnc(NCCC(=O)O)c2c1. The lowest BCUT2D eigenvalue weighted by atomic mass is 9.95. The van der Waals surface area contributed by atoms with Gasteiger partial charge >= 0.3 is 5.97 Å². The maximum Gasteiger partial charge on any atom is 0.305 e. The molecule has 0 spiro atoms. The van der Waals surface area contributed by atoms with Crippen molar-refractivity contribution in [2.45, 2.75) is 6.42 Å². The minimum absolute atomic E-state index is 0.0355.